The molecule has 0 saturated carbocycles. The Bertz CT molecular complexity index is 499. The second-order valence-corrected chi connectivity index (χ2v) is 4.42. The average Bonchev–Trinajstić information content (AvgIpc) is 2.49. The maximum atomic E-state index is 4.55. The molecule has 100 valence electrons. The molecule has 2 rings (SSSR count). The van der Waals surface area contributed by atoms with E-state index in [4.69, 9.17) is 0 Å². The van der Waals surface area contributed by atoms with Crippen LogP contribution >= 0.6 is 0 Å². The topological polar surface area (TPSA) is 50.7 Å². The number of nitrogens with zero attached hydrogens (tertiary/aromatic N) is 3. The molecule has 0 spiro atoms. The molecule has 0 aliphatic rings. The lowest BCUT2D eigenvalue weighted by molar-refractivity contribution is 0.568. The van der Waals surface area contributed by atoms with E-state index in [9.17, 15) is 0 Å². The van der Waals surface area contributed by atoms with Gasteiger partial charge in [-0.15, -0.1) is 0 Å². The number of aromatic nitrogens is 3. The number of rotatable bonds is 6. The van der Waals surface area contributed by atoms with E-state index in [1.165, 1.54) is 5.56 Å². The van der Waals surface area contributed by atoms with Crippen molar-refractivity contribution in [3.8, 4) is 0 Å². The predicted molar refractivity (Wildman–Crippen MR) is 75.8 cm³/mol. The van der Waals surface area contributed by atoms with Gasteiger partial charge >= 0.3 is 0 Å². The molecule has 4 nitrogen and oxygen atoms in total. The smallest absolute Gasteiger partial charge is 0.0943 e. The van der Waals surface area contributed by atoms with E-state index < -0.39 is 0 Å². The van der Waals surface area contributed by atoms with Gasteiger partial charge < -0.3 is 5.32 Å². The number of aryl methyl sites for hydroxylation is 1. The number of nitrogens with one attached hydrogen (secondary N) is 1. The van der Waals surface area contributed by atoms with Crippen LogP contribution in [0.3, 0.4) is 0 Å². The van der Waals surface area contributed by atoms with Crippen molar-refractivity contribution in [2.24, 2.45) is 0 Å². The molecular formula is C15H20N4. The normalized spacial score (nSPS) is 12.3. The van der Waals surface area contributed by atoms with Gasteiger partial charge in [0, 0.05) is 18.6 Å². The molecular weight excluding hydrogens is 236 g/mol. The first-order chi connectivity index (χ1) is 9.36. The second kappa shape index (κ2) is 6.95. The Morgan fingerprint density at radius 1 is 1.16 bits per heavy atom. The maximum Gasteiger partial charge on any atom is 0.0943 e. The van der Waals surface area contributed by atoms with Gasteiger partial charge in [0.25, 0.3) is 0 Å². The summed E-state index contributed by atoms with van der Waals surface area (Å²) in [7, 11) is 0. The monoisotopic (exact) mass is 256 g/mol. The van der Waals surface area contributed by atoms with Crippen LogP contribution in [-0.2, 0) is 6.42 Å². The van der Waals surface area contributed by atoms with Gasteiger partial charge in [-0.25, -0.2) is 0 Å². The van der Waals surface area contributed by atoms with Crippen LogP contribution in [-0.4, -0.2) is 21.5 Å². The third-order valence-electron chi connectivity index (χ3n) is 3.06. The van der Waals surface area contributed by atoms with E-state index in [1.54, 1.807) is 18.6 Å². The summed E-state index contributed by atoms with van der Waals surface area (Å²) < 4.78 is 0. The van der Waals surface area contributed by atoms with Crippen LogP contribution in [0.1, 0.15) is 43.3 Å². The lowest BCUT2D eigenvalue weighted by Crippen LogP contribution is -2.26. The fraction of sp³-hybridized carbons (Fsp3) is 0.400. The summed E-state index contributed by atoms with van der Waals surface area (Å²) in [5, 5.41) is 3.51. The lowest BCUT2D eigenvalue weighted by Gasteiger charge is -2.19. The first kappa shape index (κ1) is 13.6. The van der Waals surface area contributed by atoms with E-state index in [0.29, 0.717) is 0 Å². The molecule has 1 N–H and O–H groups in total. The summed E-state index contributed by atoms with van der Waals surface area (Å²) in [5.74, 6) is 0. The summed E-state index contributed by atoms with van der Waals surface area (Å²) in [4.78, 5) is 13.1. The van der Waals surface area contributed by atoms with E-state index in [-0.39, 0.29) is 6.04 Å². The Kier molecular flexibility index (Phi) is 4.98. The summed E-state index contributed by atoms with van der Waals surface area (Å²) in [6, 6.07) is 4.12. The Hall–Kier alpha value is -1.81. The van der Waals surface area contributed by atoms with Crippen LogP contribution in [0.4, 0.5) is 0 Å². The van der Waals surface area contributed by atoms with Gasteiger partial charge in [0.2, 0.25) is 0 Å². The fourth-order valence-electron chi connectivity index (χ4n) is 2.10. The van der Waals surface area contributed by atoms with Crippen LogP contribution < -0.4 is 5.32 Å². The highest BCUT2D eigenvalue weighted by Gasteiger charge is 2.18. The fourth-order valence-corrected chi connectivity index (χ4v) is 2.10. The van der Waals surface area contributed by atoms with Crippen LogP contribution in [0, 0.1) is 0 Å². The molecule has 4 heteroatoms. The van der Waals surface area contributed by atoms with Crippen molar-refractivity contribution in [3.63, 3.8) is 0 Å². The van der Waals surface area contributed by atoms with Gasteiger partial charge in [0.05, 0.1) is 23.6 Å². The highest BCUT2D eigenvalue weighted by atomic mass is 15.0. The Morgan fingerprint density at radius 2 is 2.05 bits per heavy atom. The Labute approximate surface area is 114 Å². The van der Waals surface area contributed by atoms with Crippen molar-refractivity contribution in [2.75, 3.05) is 6.54 Å². The predicted octanol–water partition coefficient (Wildman–Crippen LogP) is 2.52. The molecule has 0 amide bonds. The molecule has 2 heterocycles. The van der Waals surface area contributed by atoms with Crippen LogP contribution in [0.25, 0.3) is 0 Å². The van der Waals surface area contributed by atoms with E-state index >= 15 is 0 Å². The Morgan fingerprint density at radius 3 is 2.74 bits per heavy atom. The lowest BCUT2D eigenvalue weighted by atomic mass is 10.0. The maximum absolute atomic E-state index is 4.55. The van der Waals surface area contributed by atoms with Crippen molar-refractivity contribution in [2.45, 2.75) is 32.7 Å². The molecule has 1 atom stereocenters. The molecule has 0 aromatic carbocycles. The van der Waals surface area contributed by atoms with Crippen LogP contribution in [0.5, 0.6) is 0 Å². The number of hydrogen-bond donors (Lipinski definition) is 1. The van der Waals surface area contributed by atoms with Crippen LogP contribution in [0.15, 0.2) is 36.9 Å². The summed E-state index contributed by atoms with van der Waals surface area (Å²) in [6.07, 6.45) is 9.11. The van der Waals surface area contributed by atoms with E-state index in [1.807, 2.05) is 12.3 Å². The zero-order chi connectivity index (χ0) is 13.5. The minimum absolute atomic E-state index is 0.0183. The first-order valence-electron chi connectivity index (χ1n) is 6.79. The molecule has 2 aromatic rings. The van der Waals surface area contributed by atoms with Crippen molar-refractivity contribution in [3.05, 3.63) is 53.9 Å². The minimum Gasteiger partial charge on any atom is -0.304 e. The van der Waals surface area contributed by atoms with Gasteiger partial charge in [-0.3, -0.25) is 15.0 Å². The van der Waals surface area contributed by atoms with Crippen molar-refractivity contribution in [1.82, 2.24) is 20.3 Å². The first-order valence-corrected chi connectivity index (χ1v) is 6.79. The number of pyridine rings is 1. The molecule has 19 heavy (non-hydrogen) atoms. The van der Waals surface area contributed by atoms with Crippen molar-refractivity contribution in [1.29, 1.82) is 0 Å². The minimum atomic E-state index is 0.0183. The molecule has 0 fully saturated rings. The molecule has 0 aliphatic carbocycles. The summed E-state index contributed by atoms with van der Waals surface area (Å²) in [6.45, 7) is 5.23. The summed E-state index contributed by atoms with van der Waals surface area (Å²) in [5.41, 5.74) is 3.23. The van der Waals surface area contributed by atoms with E-state index in [0.717, 1.165) is 30.8 Å². The molecule has 0 radical (unpaired) electrons. The van der Waals surface area contributed by atoms with Gasteiger partial charge in [-0.05, 0) is 31.0 Å². The second-order valence-electron chi connectivity index (χ2n) is 4.42. The third-order valence-corrected chi connectivity index (χ3v) is 3.06. The van der Waals surface area contributed by atoms with Gasteiger partial charge in [-0.2, -0.15) is 0 Å². The highest BCUT2D eigenvalue weighted by molar-refractivity contribution is 5.28. The quantitative estimate of drug-likeness (QED) is 0.863. The SMILES string of the molecule is CCCNC(c1cnccn1)c1ncccc1CC. The largest absolute Gasteiger partial charge is 0.304 e. The van der Waals surface area contributed by atoms with Crippen LogP contribution in [0.2, 0.25) is 0 Å². The zero-order valence-corrected chi connectivity index (χ0v) is 11.5. The van der Waals surface area contributed by atoms with Gasteiger partial charge in [-0.1, -0.05) is 19.9 Å². The average molecular weight is 256 g/mol. The van der Waals surface area contributed by atoms with E-state index in [2.05, 4.69) is 40.2 Å². The number of hydrogen-bond acceptors (Lipinski definition) is 4. The summed E-state index contributed by atoms with van der Waals surface area (Å²) >= 11 is 0. The van der Waals surface area contributed by atoms with Crippen molar-refractivity contribution >= 4 is 0 Å². The zero-order valence-electron chi connectivity index (χ0n) is 11.5. The molecule has 2 aromatic heterocycles. The Balaban J connectivity index is 2.37. The molecule has 0 saturated heterocycles. The van der Waals surface area contributed by atoms with Gasteiger partial charge in [0.15, 0.2) is 0 Å². The third kappa shape index (κ3) is 3.35. The molecule has 0 aliphatic heterocycles. The standard InChI is InChI=1S/C15H20N4/c1-3-7-18-15(13-11-16-9-10-17-13)14-12(4-2)6-5-8-19-14/h5-6,8-11,15,18H,3-4,7H2,1-2H3. The molecule has 1 unspecified atom stereocenters. The van der Waals surface area contributed by atoms with Crippen molar-refractivity contribution < 1.29 is 0 Å². The molecule has 0 bridgehead atoms. The highest BCUT2D eigenvalue weighted by Crippen LogP contribution is 2.21. The van der Waals surface area contributed by atoms with Gasteiger partial charge in [0.1, 0.15) is 0 Å².